The molecule has 1 aliphatic carbocycles. The van der Waals surface area contributed by atoms with Gasteiger partial charge in [0.15, 0.2) is 5.76 Å². The molecule has 27 heavy (non-hydrogen) atoms. The standard InChI is InChI=1S/C23H24N2O2/c1-16-11-13-17(14-12-16)21-15-24-23(27-21)20-10-6-5-9-19(20)22(26)25-18-7-3-2-4-8-18/h5-6,9-15,18H,2-4,7-8H2,1H3,(H,25,26). The summed E-state index contributed by atoms with van der Waals surface area (Å²) in [7, 11) is 0. The maximum Gasteiger partial charge on any atom is 0.252 e. The van der Waals surface area contributed by atoms with Gasteiger partial charge in [0.2, 0.25) is 5.89 Å². The molecular formula is C23H24N2O2. The minimum absolute atomic E-state index is 0.0485. The van der Waals surface area contributed by atoms with Crippen molar-refractivity contribution < 1.29 is 9.21 Å². The second-order valence-electron chi connectivity index (χ2n) is 7.25. The summed E-state index contributed by atoms with van der Waals surface area (Å²) < 4.78 is 5.99. The molecule has 1 saturated carbocycles. The Hall–Kier alpha value is -2.88. The molecule has 138 valence electrons. The molecule has 1 fully saturated rings. The molecule has 0 saturated heterocycles. The molecule has 3 aromatic rings. The fourth-order valence-electron chi connectivity index (χ4n) is 3.63. The molecule has 1 heterocycles. The number of carbonyl (C=O) groups excluding carboxylic acids is 1. The van der Waals surface area contributed by atoms with Gasteiger partial charge in [-0.05, 0) is 31.9 Å². The smallest absolute Gasteiger partial charge is 0.252 e. The van der Waals surface area contributed by atoms with E-state index in [4.69, 9.17) is 4.42 Å². The van der Waals surface area contributed by atoms with Crippen molar-refractivity contribution in [2.45, 2.75) is 45.1 Å². The highest BCUT2D eigenvalue weighted by Crippen LogP contribution is 2.29. The second kappa shape index (κ2) is 7.78. The first kappa shape index (κ1) is 17.5. The number of hydrogen-bond donors (Lipinski definition) is 1. The lowest BCUT2D eigenvalue weighted by molar-refractivity contribution is 0.0928. The van der Waals surface area contributed by atoms with Gasteiger partial charge in [-0.1, -0.05) is 61.2 Å². The van der Waals surface area contributed by atoms with E-state index in [0.717, 1.165) is 24.0 Å². The molecule has 4 heteroatoms. The van der Waals surface area contributed by atoms with Crippen LogP contribution in [0.15, 0.2) is 59.1 Å². The average Bonchev–Trinajstić information content (AvgIpc) is 3.19. The molecule has 0 bridgehead atoms. The van der Waals surface area contributed by atoms with E-state index in [-0.39, 0.29) is 11.9 Å². The number of benzene rings is 2. The van der Waals surface area contributed by atoms with Crippen LogP contribution in [0.4, 0.5) is 0 Å². The van der Waals surface area contributed by atoms with E-state index in [9.17, 15) is 4.79 Å². The van der Waals surface area contributed by atoms with E-state index in [1.165, 1.54) is 24.8 Å². The average molecular weight is 360 g/mol. The first-order valence-electron chi connectivity index (χ1n) is 9.64. The minimum atomic E-state index is -0.0485. The first-order chi connectivity index (χ1) is 13.2. The second-order valence-corrected chi connectivity index (χ2v) is 7.25. The van der Waals surface area contributed by atoms with Gasteiger partial charge in [0.1, 0.15) is 0 Å². The third-order valence-electron chi connectivity index (χ3n) is 5.18. The van der Waals surface area contributed by atoms with Gasteiger partial charge in [0.05, 0.1) is 11.8 Å². The maximum absolute atomic E-state index is 12.8. The highest BCUT2D eigenvalue weighted by Gasteiger charge is 2.20. The topological polar surface area (TPSA) is 55.1 Å². The third kappa shape index (κ3) is 3.95. The van der Waals surface area contributed by atoms with Crippen molar-refractivity contribution >= 4 is 5.91 Å². The van der Waals surface area contributed by atoms with Gasteiger partial charge in [-0.25, -0.2) is 4.98 Å². The molecule has 1 N–H and O–H groups in total. The van der Waals surface area contributed by atoms with Crippen molar-refractivity contribution in [2.75, 3.05) is 0 Å². The zero-order chi connectivity index (χ0) is 18.6. The van der Waals surface area contributed by atoms with Crippen LogP contribution in [0, 0.1) is 6.92 Å². The molecule has 1 amide bonds. The molecule has 0 radical (unpaired) electrons. The summed E-state index contributed by atoms with van der Waals surface area (Å²) >= 11 is 0. The van der Waals surface area contributed by atoms with Crippen LogP contribution >= 0.6 is 0 Å². The third-order valence-corrected chi connectivity index (χ3v) is 5.18. The molecule has 0 unspecified atom stereocenters. The van der Waals surface area contributed by atoms with Crippen LogP contribution < -0.4 is 5.32 Å². The monoisotopic (exact) mass is 360 g/mol. The molecule has 1 aromatic heterocycles. The summed E-state index contributed by atoms with van der Waals surface area (Å²) in [6.07, 6.45) is 7.48. The highest BCUT2D eigenvalue weighted by atomic mass is 16.4. The number of nitrogens with one attached hydrogen (secondary N) is 1. The molecule has 0 aliphatic heterocycles. The Bertz CT molecular complexity index is 922. The minimum Gasteiger partial charge on any atom is -0.436 e. The molecular weight excluding hydrogens is 336 g/mol. The normalized spacial score (nSPS) is 14.9. The summed E-state index contributed by atoms with van der Waals surface area (Å²) in [5, 5.41) is 3.18. The van der Waals surface area contributed by atoms with E-state index in [0.29, 0.717) is 17.2 Å². The molecule has 1 aliphatic rings. The van der Waals surface area contributed by atoms with Gasteiger partial charge in [0.25, 0.3) is 5.91 Å². The van der Waals surface area contributed by atoms with Crippen LogP contribution in [0.2, 0.25) is 0 Å². The molecule has 0 spiro atoms. The summed E-state index contributed by atoms with van der Waals surface area (Å²) in [6, 6.07) is 15.9. The predicted molar refractivity (Wildman–Crippen MR) is 106 cm³/mol. The van der Waals surface area contributed by atoms with E-state index in [2.05, 4.69) is 17.2 Å². The lowest BCUT2D eigenvalue weighted by atomic mass is 9.95. The van der Waals surface area contributed by atoms with Crippen LogP contribution in [-0.2, 0) is 0 Å². The van der Waals surface area contributed by atoms with Crippen molar-refractivity contribution in [1.29, 1.82) is 0 Å². The Labute approximate surface area is 159 Å². The Morgan fingerprint density at radius 3 is 2.56 bits per heavy atom. The van der Waals surface area contributed by atoms with Gasteiger partial charge in [0, 0.05) is 17.2 Å². The van der Waals surface area contributed by atoms with Crippen LogP contribution in [0.5, 0.6) is 0 Å². The van der Waals surface area contributed by atoms with Gasteiger partial charge < -0.3 is 9.73 Å². The summed E-state index contributed by atoms with van der Waals surface area (Å²) in [4.78, 5) is 17.3. The number of amides is 1. The summed E-state index contributed by atoms with van der Waals surface area (Å²) in [6.45, 7) is 2.05. The highest BCUT2D eigenvalue weighted by molar-refractivity contribution is 6.00. The van der Waals surface area contributed by atoms with Crippen LogP contribution in [-0.4, -0.2) is 16.9 Å². The fourth-order valence-corrected chi connectivity index (χ4v) is 3.63. The van der Waals surface area contributed by atoms with Crippen LogP contribution in [0.3, 0.4) is 0 Å². The SMILES string of the molecule is Cc1ccc(-c2cnc(-c3ccccc3C(=O)NC3CCCCC3)o2)cc1. The Morgan fingerprint density at radius 2 is 1.78 bits per heavy atom. The zero-order valence-corrected chi connectivity index (χ0v) is 15.6. The lowest BCUT2D eigenvalue weighted by Gasteiger charge is -2.23. The number of aromatic nitrogens is 1. The number of nitrogens with zero attached hydrogens (tertiary/aromatic N) is 1. The number of aryl methyl sites for hydroxylation is 1. The molecule has 2 aromatic carbocycles. The first-order valence-corrected chi connectivity index (χ1v) is 9.64. The van der Waals surface area contributed by atoms with Crippen molar-refractivity contribution in [2.24, 2.45) is 0 Å². The number of rotatable bonds is 4. The van der Waals surface area contributed by atoms with E-state index >= 15 is 0 Å². The summed E-state index contributed by atoms with van der Waals surface area (Å²) in [5.74, 6) is 1.13. The number of oxazole rings is 1. The quantitative estimate of drug-likeness (QED) is 0.679. The zero-order valence-electron chi connectivity index (χ0n) is 15.6. The lowest BCUT2D eigenvalue weighted by Crippen LogP contribution is -2.36. The number of carbonyl (C=O) groups is 1. The van der Waals surface area contributed by atoms with E-state index < -0.39 is 0 Å². The maximum atomic E-state index is 12.8. The van der Waals surface area contributed by atoms with Crippen molar-refractivity contribution in [3.05, 3.63) is 65.9 Å². The predicted octanol–water partition coefficient (Wildman–Crippen LogP) is 5.38. The number of hydrogen-bond acceptors (Lipinski definition) is 3. The van der Waals surface area contributed by atoms with Gasteiger partial charge in [-0.2, -0.15) is 0 Å². The molecule has 4 nitrogen and oxygen atoms in total. The Balaban J connectivity index is 1.59. The fraction of sp³-hybridized carbons (Fsp3) is 0.304. The van der Waals surface area contributed by atoms with Crippen molar-refractivity contribution in [1.82, 2.24) is 10.3 Å². The van der Waals surface area contributed by atoms with Crippen molar-refractivity contribution in [3.8, 4) is 22.8 Å². The summed E-state index contributed by atoms with van der Waals surface area (Å²) in [5.41, 5.74) is 3.51. The largest absolute Gasteiger partial charge is 0.436 e. The Morgan fingerprint density at radius 1 is 1.04 bits per heavy atom. The van der Waals surface area contributed by atoms with Gasteiger partial charge >= 0.3 is 0 Å². The van der Waals surface area contributed by atoms with Crippen LogP contribution in [0.25, 0.3) is 22.8 Å². The van der Waals surface area contributed by atoms with E-state index in [1.54, 1.807) is 6.20 Å². The van der Waals surface area contributed by atoms with E-state index in [1.807, 2.05) is 48.5 Å². The van der Waals surface area contributed by atoms with Crippen LogP contribution in [0.1, 0.15) is 48.0 Å². The van der Waals surface area contributed by atoms with Gasteiger partial charge in [-0.3, -0.25) is 4.79 Å². The Kier molecular flexibility index (Phi) is 5.05. The van der Waals surface area contributed by atoms with Gasteiger partial charge in [-0.15, -0.1) is 0 Å². The molecule has 4 rings (SSSR count). The van der Waals surface area contributed by atoms with Crippen molar-refractivity contribution in [3.63, 3.8) is 0 Å². The molecule has 0 atom stereocenters.